The average molecular weight is 405 g/mol. The molecule has 6 nitrogen and oxygen atoms in total. The summed E-state index contributed by atoms with van der Waals surface area (Å²) in [6.45, 7) is 9.64. The summed E-state index contributed by atoms with van der Waals surface area (Å²) in [6.07, 6.45) is 3.95. The van der Waals surface area contributed by atoms with Crippen LogP contribution >= 0.6 is 0 Å². The lowest BCUT2D eigenvalue weighted by Gasteiger charge is -2.48. The van der Waals surface area contributed by atoms with Crippen molar-refractivity contribution >= 4 is 11.6 Å². The van der Waals surface area contributed by atoms with E-state index < -0.39 is 4.92 Å². The van der Waals surface area contributed by atoms with Gasteiger partial charge < -0.3 is 4.90 Å². The SMILES string of the molecule is C=CCN1CCC2(CC1)CN(C(=O)c1ccc([N+](=O)[O-])c(C)c1)Cc1ccccc12. The number of amides is 1. The molecule has 30 heavy (non-hydrogen) atoms. The van der Waals surface area contributed by atoms with Crippen LogP contribution in [0.5, 0.6) is 0 Å². The molecule has 2 aromatic rings. The van der Waals surface area contributed by atoms with Gasteiger partial charge in [0.15, 0.2) is 0 Å². The number of carbonyl (C=O) groups excluding carboxylic acids is 1. The topological polar surface area (TPSA) is 66.7 Å². The first kappa shape index (κ1) is 20.3. The number of rotatable bonds is 4. The Morgan fingerprint density at radius 2 is 1.97 bits per heavy atom. The number of likely N-dealkylation sites (tertiary alicyclic amines) is 1. The van der Waals surface area contributed by atoms with Crippen LogP contribution in [0.4, 0.5) is 5.69 Å². The van der Waals surface area contributed by atoms with Crippen molar-refractivity contribution in [2.45, 2.75) is 31.7 Å². The van der Waals surface area contributed by atoms with E-state index in [2.05, 4.69) is 29.7 Å². The molecule has 2 aromatic carbocycles. The normalized spacial score (nSPS) is 18.1. The second-order valence-corrected chi connectivity index (χ2v) is 8.45. The third-order valence-corrected chi connectivity index (χ3v) is 6.57. The number of nitro benzene ring substituents is 1. The maximum absolute atomic E-state index is 13.4. The van der Waals surface area contributed by atoms with Crippen molar-refractivity contribution in [1.29, 1.82) is 0 Å². The largest absolute Gasteiger partial charge is 0.333 e. The highest BCUT2D eigenvalue weighted by molar-refractivity contribution is 5.95. The number of nitro groups is 1. The van der Waals surface area contributed by atoms with Crippen molar-refractivity contribution < 1.29 is 9.72 Å². The third-order valence-electron chi connectivity index (χ3n) is 6.57. The number of piperidine rings is 1. The fourth-order valence-electron chi connectivity index (χ4n) is 4.98. The first-order valence-corrected chi connectivity index (χ1v) is 10.4. The highest BCUT2D eigenvalue weighted by Crippen LogP contribution is 2.42. The van der Waals surface area contributed by atoms with Crippen LogP contribution in [0.3, 0.4) is 0 Å². The molecule has 156 valence electrons. The Morgan fingerprint density at radius 1 is 1.23 bits per heavy atom. The Labute approximate surface area is 177 Å². The summed E-state index contributed by atoms with van der Waals surface area (Å²) in [6, 6.07) is 13.1. The Hall–Kier alpha value is -2.99. The van der Waals surface area contributed by atoms with Crippen LogP contribution in [-0.4, -0.2) is 46.8 Å². The summed E-state index contributed by atoms with van der Waals surface area (Å²) in [5, 5.41) is 11.1. The molecular weight excluding hydrogens is 378 g/mol. The molecule has 2 aliphatic heterocycles. The van der Waals surface area contributed by atoms with Gasteiger partial charge in [-0.25, -0.2) is 0 Å². The minimum Gasteiger partial charge on any atom is -0.333 e. The summed E-state index contributed by atoms with van der Waals surface area (Å²) < 4.78 is 0. The number of hydrogen-bond donors (Lipinski definition) is 0. The zero-order valence-corrected chi connectivity index (χ0v) is 17.3. The zero-order valence-electron chi connectivity index (χ0n) is 17.3. The standard InChI is InChI=1S/C24H27N3O3/c1-3-12-25-13-10-24(11-14-25)17-26(16-20-6-4-5-7-21(20)24)23(28)19-8-9-22(27(29)30)18(2)15-19/h3-9,15H,1,10-14,16-17H2,2H3. The molecular formula is C24H27N3O3. The van der Waals surface area contributed by atoms with E-state index in [9.17, 15) is 14.9 Å². The fourth-order valence-corrected chi connectivity index (χ4v) is 4.98. The van der Waals surface area contributed by atoms with Gasteiger partial charge in [-0.2, -0.15) is 0 Å². The number of aryl methyl sites for hydroxylation is 1. The van der Waals surface area contributed by atoms with Gasteiger partial charge in [0.05, 0.1) is 4.92 Å². The predicted octanol–water partition coefficient (Wildman–Crippen LogP) is 4.08. The van der Waals surface area contributed by atoms with Crippen LogP contribution in [0, 0.1) is 17.0 Å². The van der Waals surface area contributed by atoms with Gasteiger partial charge in [0.1, 0.15) is 0 Å². The molecule has 0 radical (unpaired) electrons. The van der Waals surface area contributed by atoms with Crippen LogP contribution in [0.25, 0.3) is 0 Å². The molecule has 0 saturated carbocycles. The van der Waals surface area contributed by atoms with Gasteiger partial charge in [0, 0.05) is 42.2 Å². The van der Waals surface area contributed by atoms with E-state index in [1.165, 1.54) is 17.2 Å². The molecule has 2 aliphatic rings. The van der Waals surface area contributed by atoms with E-state index in [4.69, 9.17) is 0 Å². The highest BCUT2D eigenvalue weighted by atomic mass is 16.6. The fraction of sp³-hybridized carbons (Fsp3) is 0.375. The summed E-state index contributed by atoms with van der Waals surface area (Å²) in [5.41, 5.74) is 3.59. The smallest absolute Gasteiger partial charge is 0.272 e. The van der Waals surface area contributed by atoms with Gasteiger partial charge in [-0.3, -0.25) is 19.8 Å². The molecule has 2 heterocycles. The minimum atomic E-state index is -0.410. The van der Waals surface area contributed by atoms with Crippen LogP contribution in [-0.2, 0) is 12.0 Å². The average Bonchev–Trinajstić information content (AvgIpc) is 2.75. The second kappa shape index (κ2) is 8.03. The lowest BCUT2D eigenvalue weighted by Crippen LogP contribution is -2.53. The van der Waals surface area contributed by atoms with Crippen LogP contribution in [0.15, 0.2) is 55.1 Å². The first-order valence-electron chi connectivity index (χ1n) is 10.4. The quantitative estimate of drug-likeness (QED) is 0.437. The molecule has 0 aromatic heterocycles. The van der Waals surface area contributed by atoms with E-state index >= 15 is 0 Å². The third kappa shape index (κ3) is 3.63. The summed E-state index contributed by atoms with van der Waals surface area (Å²) >= 11 is 0. The predicted molar refractivity (Wildman–Crippen MR) is 117 cm³/mol. The Bertz CT molecular complexity index is 993. The maximum atomic E-state index is 13.4. The molecule has 0 N–H and O–H groups in total. The van der Waals surface area contributed by atoms with E-state index in [0.717, 1.165) is 32.5 Å². The Balaban J connectivity index is 1.63. The number of carbonyl (C=O) groups is 1. The molecule has 1 amide bonds. The number of hydrogen-bond acceptors (Lipinski definition) is 4. The van der Waals surface area contributed by atoms with Crippen molar-refractivity contribution in [2.75, 3.05) is 26.2 Å². The van der Waals surface area contributed by atoms with Gasteiger partial charge in [-0.15, -0.1) is 6.58 Å². The van der Waals surface area contributed by atoms with Crippen LogP contribution in [0.1, 0.15) is 39.9 Å². The van der Waals surface area contributed by atoms with Crippen molar-refractivity contribution in [3.8, 4) is 0 Å². The van der Waals surface area contributed by atoms with Crippen molar-refractivity contribution in [2.24, 2.45) is 0 Å². The van der Waals surface area contributed by atoms with E-state index in [-0.39, 0.29) is 17.0 Å². The van der Waals surface area contributed by atoms with E-state index in [1.807, 2.05) is 17.0 Å². The van der Waals surface area contributed by atoms with Gasteiger partial charge >= 0.3 is 0 Å². The maximum Gasteiger partial charge on any atom is 0.272 e. The molecule has 1 saturated heterocycles. The Morgan fingerprint density at radius 3 is 2.63 bits per heavy atom. The van der Waals surface area contributed by atoms with Crippen molar-refractivity contribution in [3.63, 3.8) is 0 Å². The van der Waals surface area contributed by atoms with Crippen LogP contribution < -0.4 is 0 Å². The van der Waals surface area contributed by atoms with Crippen molar-refractivity contribution in [3.05, 3.63) is 87.5 Å². The molecule has 0 aliphatic carbocycles. The lowest BCUT2D eigenvalue weighted by molar-refractivity contribution is -0.385. The van der Waals surface area contributed by atoms with Gasteiger partial charge in [-0.1, -0.05) is 30.3 Å². The van der Waals surface area contributed by atoms with Gasteiger partial charge in [-0.05, 0) is 56.1 Å². The van der Waals surface area contributed by atoms with Gasteiger partial charge in [0.2, 0.25) is 0 Å². The van der Waals surface area contributed by atoms with E-state index in [0.29, 0.717) is 24.2 Å². The summed E-state index contributed by atoms with van der Waals surface area (Å²) in [4.78, 5) is 28.4. The molecule has 1 spiro atoms. The molecule has 0 bridgehead atoms. The minimum absolute atomic E-state index is 0.0431. The van der Waals surface area contributed by atoms with E-state index in [1.54, 1.807) is 19.1 Å². The molecule has 0 atom stereocenters. The number of fused-ring (bicyclic) bond motifs is 2. The number of benzene rings is 2. The van der Waals surface area contributed by atoms with Gasteiger partial charge in [0.25, 0.3) is 11.6 Å². The summed E-state index contributed by atoms with van der Waals surface area (Å²) in [7, 11) is 0. The second-order valence-electron chi connectivity index (χ2n) is 8.45. The summed E-state index contributed by atoms with van der Waals surface area (Å²) in [5.74, 6) is -0.0598. The lowest BCUT2D eigenvalue weighted by atomic mass is 9.68. The Kier molecular flexibility index (Phi) is 5.43. The molecule has 0 unspecified atom stereocenters. The monoisotopic (exact) mass is 405 g/mol. The zero-order chi connectivity index (χ0) is 21.3. The molecule has 4 rings (SSSR count). The molecule has 6 heteroatoms. The van der Waals surface area contributed by atoms with Crippen molar-refractivity contribution in [1.82, 2.24) is 9.80 Å². The molecule has 1 fully saturated rings. The van der Waals surface area contributed by atoms with Crippen LogP contribution in [0.2, 0.25) is 0 Å². The highest BCUT2D eigenvalue weighted by Gasteiger charge is 2.43. The first-order chi connectivity index (χ1) is 14.4. The number of nitrogens with zero attached hydrogens (tertiary/aromatic N) is 3.